The van der Waals surface area contributed by atoms with Crippen LogP contribution in [0.4, 0.5) is 10.8 Å². The standard InChI is InChI=1S/C16H21N3S/c1-2-19(13-10-6-7-11-13)16-14(15(17)18-20-16)12-8-4-3-5-9-12/h3-5,8-9,13H,2,6-7,10-11H2,1H3,(H2,17,18). The lowest BCUT2D eigenvalue weighted by atomic mass is 10.1. The summed E-state index contributed by atoms with van der Waals surface area (Å²) in [6.45, 7) is 3.25. The highest BCUT2D eigenvalue weighted by Gasteiger charge is 2.26. The van der Waals surface area contributed by atoms with Crippen molar-refractivity contribution >= 4 is 22.4 Å². The third-order valence-corrected chi connectivity index (χ3v) is 5.03. The summed E-state index contributed by atoms with van der Waals surface area (Å²) in [6, 6.07) is 11.0. The minimum atomic E-state index is 0.655. The molecule has 1 aliphatic carbocycles. The minimum absolute atomic E-state index is 0.655. The average Bonchev–Trinajstić information content (AvgIpc) is 3.12. The van der Waals surface area contributed by atoms with Crippen molar-refractivity contribution in [3.05, 3.63) is 30.3 Å². The van der Waals surface area contributed by atoms with Gasteiger partial charge in [-0.1, -0.05) is 43.2 Å². The van der Waals surface area contributed by atoms with Gasteiger partial charge in [-0.2, -0.15) is 4.37 Å². The quantitative estimate of drug-likeness (QED) is 0.918. The van der Waals surface area contributed by atoms with Crippen LogP contribution in [-0.4, -0.2) is 17.0 Å². The third-order valence-electron chi connectivity index (χ3n) is 4.13. The van der Waals surface area contributed by atoms with E-state index in [1.54, 1.807) is 11.5 Å². The van der Waals surface area contributed by atoms with E-state index in [-0.39, 0.29) is 0 Å². The van der Waals surface area contributed by atoms with E-state index in [9.17, 15) is 0 Å². The van der Waals surface area contributed by atoms with Gasteiger partial charge >= 0.3 is 0 Å². The molecule has 1 heterocycles. The molecule has 3 rings (SSSR count). The summed E-state index contributed by atoms with van der Waals surface area (Å²) in [5.74, 6) is 0.660. The number of hydrogen-bond donors (Lipinski definition) is 1. The Morgan fingerprint density at radius 1 is 1.25 bits per heavy atom. The molecule has 1 aromatic heterocycles. The number of nitrogens with zero attached hydrogens (tertiary/aromatic N) is 2. The molecule has 1 fully saturated rings. The summed E-state index contributed by atoms with van der Waals surface area (Å²) in [6.07, 6.45) is 5.27. The van der Waals surface area contributed by atoms with Crippen molar-refractivity contribution < 1.29 is 0 Å². The predicted octanol–water partition coefficient (Wildman–Crippen LogP) is 4.16. The van der Waals surface area contributed by atoms with Crippen LogP contribution >= 0.6 is 11.5 Å². The second-order valence-electron chi connectivity index (χ2n) is 5.34. The van der Waals surface area contributed by atoms with Gasteiger partial charge < -0.3 is 10.6 Å². The van der Waals surface area contributed by atoms with Gasteiger partial charge in [0, 0.05) is 12.6 Å². The Kier molecular flexibility index (Phi) is 3.92. The first kappa shape index (κ1) is 13.4. The molecule has 0 amide bonds. The summed E-state index contributed by atoms with van der Waals surface area (Å²) in [4.78, 5) is 2.50. The van der Waals surface area contributed by atoms with Crippen LogP contribution in [0.5, 0.6) is 0 Å². The molecule has 0 atom stereocenters. The Balaban J connectivity index is 2.01. The van der Waals surface area contributed by atoms with Crippen LogP contribution in [0, 0.1) is 0 Å². The second-order valence-corrected chi connectivity index (χ2v) is 6.09. The molecule has 0 spiro atoms. The molecule has 20 heavy (non-hydrogen) atoms. The first-order valence-corrected chi connectivity index (χ1v) is 8.15. The van der Waals surface area contributed by atoms with Crippen LogP contribution in [0.3, 0.4) is 0 Å². The minimum Gasteiger partial charge on any atom is -0.382 e. The number of nitrogens with two attached hydrogens (primary N) is 1. The molecule has 0 saturated heterocycles. The van der Waals surface area contributed by atoms with E-state index < -0.39 is 0 Å². The summed E-state index contributed by atoms with van der Waals surface area (Å²) in [7, 11) is 0. The lowest BCUT2D eigenvalue weighted by Gasteiger charge is -2.29. The molecule has 0 radical (unpaired) electrons. The summed E-state index contributed by atoms with van der Waals surface area (Å²) < 4.78 is 4.41. The van der Waals surface area contributed by atoms with Gasteiger partial charge in [0.15, 0.2) is 0 Å². The smallest absolute Gasteiger partial charge is 0.147 e. The van der Waals surface area contributed by atoms with Crippen molar-refractivity contribution in [3.8, 4) is 11.1 Å². The zero-order valence-electron chi connectivity index (χ0n) is 11.9. The number of hydrogen-bond acceptors (Lipinski definition) is 4. The Hall–Kier alpha value is -1.55. The molecule has 0 unspecified atom stereocenters. The van der Waals surface area contributed by atoms with Crippen molar-refractivity contribution in [3.63, 3.8) is 0 Å². The molecule has 2 aromatic rings. The number of anilines is 2. The summed E-state index contributed by atoms with van der Waals surface area (Å²) >= 11 is 1.54. The molecule has 0 bridgehead atoms. The molecule has 106 valence electrons. The van der Waals surface area contributed by atoms with Gasteiger partial charge in [0.05, 0.1) is 5.56 Å². The number of rotatable bonds is 4. The van der Waals surface area contributed by atoms with Gasteiger partial charge in [-0.25, -0.2) is 0 Å². The fraction of sp³-hybridized carbons (Fsp3) is 0.438. The first-order chi connectivity index (χ1) is 9.81. The molecule has 1 aliphatic rings. The molecule has 2 N–H and O–H groups in total. The maximum Gasteiger partial charge on any atom is 0.147 e. The first-order valence-electron chi connectivity index (χ1n) is 7.38. The zero-order valence-corrected chi connectivity index (χ0v) is 12.7. The zero-order chi connectivity index (χ0) is 13.9. The third kappa shape index (κ3) is 2.40. The second kappa shape index (κ2) is 5.83. The van der Waals surface area contributed by atoms with E-state index in [2.05, 4.69) is 40.5 Å². The largest absolute Gasteiger partial charge is 0.382 e. The number of nitrogen functional groups attached to an aromatic ring is 1. The maximum atomic E-state index is 6.14. The van der Waals surface area contributed by atoms with E-state index in [0.717, 1.165) is 12.1 Å². The topological polar surface area (TPSA) is 42.2 Å². The monoisotopic (exact) mass is 287 g/mol. The van der Waals surface area contributed by atoms with E-state index in [1.807, 2.05) is 6.07 Å². The van der Waals surface area contributed by atoms with Crippen LogP contribution in [0.1, 0.15) is 32.6 Å². The number of benzene rings is 1. The number of aromatic nitrogens is 1. The Morgan fingerprint density at radius 3 is 2.60 bits per heavy atom. The lowest BCUT2D eigenvalue weighted by molar-refractivity contribution is 0.624. The van der Waals surface area contributed by atoms with Crippen LogP contribution in [0.15, 0.2) is 30.3 Å². The van der Waals surface area contributed by atoms with Gasteiger partial charge in [0.2, 0.25) is 0 Å². The molecule has 1 saturated carbocycles. The van der Waals surface area contributed by atoms with Gasteiger partial charge in [-0.05, 0) is 36.9 Å². The Morgan fingerprint density at radius 2 is 1.95 bits per heavy atom. The van der Waals surface area contributed by atoms with Gasteiger partial charge in [-0.15, -0.1) is 0 Å². The van der Waals surface area contributed by atoms with Crippen LogP contribution in [-0.2, 0) is 0 Å². The lowest BCUT2D eigenvalue weighted by Crippen LogP contribution is -2.32. The van der Waals surface area contributed by atoms with E-state index in [0.29, 0.717) is 11.9 Å². The molecule has 4 heteroatoms. The SMILES string of the molecule is CCN(c1snc(N)c1-c1ccccc1)C1CCCC1. The van der Waals surface area contributed by atoms with Gasteiger partial charge in [0.1, 0.15) is 10.8 Å². The highest BCUT2D eigenvalue weighted by molar-refractivity contribution is 7.11. The summed E-state index contributed by atoms with van der Waals surface area (Å²) in [5.41, 5.74) is 8.42. The fourth-order valence-corrected chi connectivity index (χ4v) is 4.12. The van der Waals surface area contributed by atoms with Crippen LogP contribution < -0.4 is 10.6 Å². The predicted molar refractivity (Wildman–Crippen MR) is 87.2 cm³/mol. The molecule has 0 aliphatic heterocycles. The normalized spacial score (nSPS) is 15.7. The van der Waals surface area contributed by atoms with Crippen molar-refractivity contribution in [1.82, 2.24) is 4.37 Å². The van der Waals surface area contributed by atoms with Gasteiger partial charge in [-0.3, -0.25) is 0 Å². The average molecular weight is 287 g/mol. The highest BCUT2D eigenvalue weighted by atomic mass is 32.1. The fourth-order valence-electron chi connectivity index (χ4n) is 3.15. The summed E-state index contributed by atoms with van der Waals surface area (Å²) in [5, 5.41) is 1.24. The molecule has 3 nitrogen and oxygen atoms in total. The van der Waals surface area contributed by atoms with Crippen molar-refractivity contribution in [2.45, 2.75) is 38.6 Å². The molecular formula is C16H21N3S. The molecule has 1 aromatic carbocycles. The molecular weight excluding hydrogens is 266 g/mol. The van der Waals surface area contributed by atoms with Crippen molar-refractivity contribution in [2.24, 2.45) is 0 Å². The van der Waals surface area contributed by atoms with E-state index in [1.165, 1.54) is 36.2 Å². The van der Waals surface area contributed by atoms with E-state index in [4.69, 9.17) is 5.73 Å². The van der Waals surface area contributed by atoms with Crippen LogP contribution in [0.25, 0.3) is 11.1 Å². The maximum absolute atomic E-state index is 6.14. The van der Waals surface area contributed by atoms with Crippen molar-refractivity contribution in [2.75, 3.05) is 17.2 Å². The Labute approximate surface area is 124 Å². The Bertz CT molecular complexity index is 558. The highest BCUT2D eigenvalue weighted by Crippen LogP contribution is 2.41. The van der Waals surface area contributed by atoms with Crippen molar-refractivity contribution in [1.29, 1.82) is 0 Å². The van der Waals surface area contributed by atoms with Crippen LogP contribution in [0.2, 0.25) is 0 Å². The van der Waals surface area contributed by atoms with Gasteiger partial charge in [0.25, 0.3) is 0 Å². The van der Waals surface area contributed by atoms with E-state index >= 15 is 0 Å².